The molecule has 3 aromatic carbocycles. The van der Waals surface area contributed by atoms with Gasteiger partial charge in [-0.25, -0.2) is 14.8 Å². The van der Waals surface area contributed by atoms with E-state index in [4.69, 9.17) is 23.2 Å². The lowest BCUT2D eigenvalue weighted by Gasteiger charge is -2.15. The number of aryl methyl sites for hydroxylation is 1. The average Bonchev–Trinajstić information content (AvgIpc) is 3.31. The van der Waals surface area contributed by atoms with Crippen molar-refractivity contribution in [3.05, 3.63) is 93.6 Å². The summed E-state index contributed by atoms with van der Waals surface area (Å²) in [5.41, 5.74) is 3.76. The van der Waals surface area contributed by atoms with Crippen molar-refractivity contribution in [2.24, 2.45) is 0 Å². The van der Waals surface area contributed by atoms with Gasteiger partial charge in [0.05, 0.1) is 32.9 Å². The molecule has 3 amide bonds. The number of benzene rings is 3. The van der Waals surface area contributed by atoms with Crippen LogP contribution in [-0.4, -0.2) is 35.0 Å². The van der Waals surface area contributed by atoms with Crippen LogP contribution in [0.2, 0.25) is 10.0 Å². The zero-order valence-electron chi connectivity index (χ0n) is 19.7. The first-order valence-corrected chi connectivity index (χ1v) is 12.6. The van der Waals surface area contributed by atoms with E-state index in [0.29, 0.717) is 11.6 Å². The highest BCUT2D eigenvalue weighted by Crippen LogP contribution is 2.33. The van der Waals surface area contributed by atoms with Crippen molar-refractivity contribution in [2.45, 2.75) is 18.9 Å². The Hall–Kier alpha value is -3.88. The molecule has 0 aliphatic heterocycles. The zero-order valence-corrected chi connectivity index (χ0v) is 21.2. The molecule has 188 valence electrons. The molecule has 10 heteroatoms. The van der Waals surface area contributed by atoms with Gasteiger partial charge in [0.15, 0.2) is 0 Å². The number of aromatic nitrogens is 2. The van der Waals surface area contributed by atoms with Crippen molar-refractivity contribution in [3.63, 3.8) is 0 Å². The molecule has 0 saturated carbocycles. The summed E-state index contributed by atoms with van der Waals surface area (Å²) in [5.74, 6) is -0.112. The second kappa shape index (κ2) is 11.0. The SMILES string of the molecule is O=C(NCCNC(=O)c1c(Cl)ccc(Nc2ncc3ccccc3n2)c1Cl)N[C@@H]1CCc2ccccc21. The molecule has 1 heterocycles. The van der Waals surface area contributed by atoms with Crippen LogP contribution in [0.1, 0.15) is 33.9 Å². The van der Waals surface area contributed by atoms with E-state index in [1.807, 2.05) is 42.5 Å². The van der Waals surface area contributed by atoms with E-state index in [2.05, 4.69) is 37.3 Å². The Morgan fingerprint density at radius 2 is 1.73 bits per heavy atom. The van der Waals surface area contributed by atoms with E-state index in [1.165, 1.54) is 5.56 Å². The van der Waals surface area contributed by atoms with Crippen LogP contribution in [0.3, 0.4) is 0 Å². The second-order valence-corrected chi connectivity index (χ2v) is 9.39. The van der Waals surface area contributed by atoms with Crippen molar-refractivity contribution in [1.82, 2.24) is 25.9 Å². The second-order valence-electron chi connectivity index (χ2n) is 8.61. The highest BCUT2D eigenvalue weighted by Gasteiger charge is 2.23. The minimum Gasteiger partial charge on any atom is -0.350 e. The lowest BCUT2D eigenvalue weighted by molar-refractivity contribution is 0.0954. The predicted molar refractivity (Wildman–Crippen MR) is 146 cm³/mol. The number of hydrogen-bond donors (Lipinski definition) is 4. The quantitative estimate of drug-likeness (QED) is 0.237. The van der Waals surface area contributed by atoms with Gasteiger partial charge in [-0.3, -0.25) is 4.79 Å². The smallest absolute Gasteiger partial charge is 0.315 e. The van der Waals surface area contributed by atoms with Crippen LogP contribution in [0.25, 0.3) is 10.9 Å². The number of anilines is 2. The van der Waals surface area contributed by atoms with Crippen LogP contribution in [0, 0.1) is 0 Å². The van der Waals surface area contributed by atoms with E-state index in [1.54, 1.807) is 18.3 Å². The summed E-state index contributed by atoms with van der Waals surface area (Å²) in [7, 11) is 0. The summed E-state index contributed by atoms with van der Waals surface area (Å²) in [6, 6.07) is 18.7. The van der Waals surface area contributed by atoms with Crippen molar-refractivity contribution in [1.29, 1.82) is 0 Å². The van der Waals surface area contributed by atoms with Gasteiger partial charge in [0.25, 0.3) is 5.91 Å². The predicted octanol–water partition coefficient (Wildman–Crippen LogP) is 5.40. The Labute approximate surface area is 223 Å². The molecule has 1 aliphatic rings. The Kier molecular flexibility index (Phi) is 7.39. The maximum atomic E-state index is 12.9. The molecule has 1 atom stereocenters. The fourth-order valence-electron chi connectivity index (χ4n) is 4.37. The number of para-hydroxylation sites is 1. The van der Waals surface area contributed by atoms with Gasteiger partial charge in [0.1, 0.15) is 0 Å². The first-order chi connectivity index (χ1) is 18.0. The Morgan fingerprint density at radius 3 is 2.62 bits per heavy atom. The van der Waals surface area contributed by atoms with Gasteiger partial charge in [0.2, 0.25) is 5.95 Å². The van der Waals surface area contributed by atoms with E-state index in [9.17, 15) is 9.59 Å². The molecule has 37 heavy (non-hydrogen) atoms. The van der Waals surface area contributed by atoms with Gasteiger partial charge < -0.3 is 21.3 Å². The normalized spacial score (nSPS) is 14.2. The van der Waals surface area contributed by atoms with Crippen molar-refractivity contribution in [3.8, 4) is 0 Å². The largest absolute Gasteiger partial charge is 0.350 e. The number of urea groups is 1. The molecule has 8 nitrogen and oxygen atoms in total. The average molecular weight is 535 g/mol. The molecule has 0 radical (unpaired) electrons. The Balaban J connectivity index is 1.16. The number of nitrogens with one attached hydrogen (secondary N) is 4. The molecule has 5 rings (SSSR count). The Morgan fingerprint density at radius 1 is 0.946 bits per heavy atom. The van der Waals surface area contributed by atoms with Crippen molar-refractivity contribution >= 4 is 57.7 Å². The van der Waals surface area contributed by atoms with Crippen molar-refractivity contribution in [2.75, 3.05) is 18.4 Å². The van der Waals surface area contributed by atoms with Gasteiger partial charge in [-0.05, 0) is 42.2 Å². The van der Waals surface area contributed by atoms with E-state index < -0.39 is 5.91 Å². The first kappa shape index (κ1) is 24.8. The summed E-state index contributed by atoms with van der Waals surface area (Å²) in [6.45, 7) is 0.440. The van der Waals surface area contributed by atoms with Crippen LogP contribution in [0.5, 0.6) is 0 Å². The molecular weight excluding hydrogens is 511 g/mol. The lowest BCUT2D eigenvalue weighted by Crippen LogP contribution is -2.41. The van der Waals surface area contributed by atoms with Gasteiger partial charge in [-0.1, -0.05) is 65.7 Å². The third-order valence-electron chi connectivity index (χ3n) is 6.19. The summed E-state index contributed by atoms with van der Waals surface area (Å²) in [4.78, 5) is 34.0. The number of nitrogens with zero attached hydrogens (tertiary/aromatic N) is 2. The summed E-state index contributed by atoms with van der Waals surface area (Å²) >= 11 is 12.8. The Bertz CT molecular complexity index is 1480. The molecule has 1 aromatic heterocycles. The third-order valence-corrected chi connectivity index (χ3v) is 6.90. The zero-order chi connectivity index (χ0) is 25.8. The number of fused-ring (bicyclic) bond motifs is 2. The third kappa shape index (κ3) is 5.60. The molecule has 0 fully saturated rings. The van der Waals surface area contributed by atoms with E-state index in [0.717, 1.165) is 29.3 Å². The minimum atomic E-state index is -0.454. The maximum Gasteiger partial charge on any atom is 0.315 e. The van der Waals surface area contributed by atoms with E-state index >= 15 is 0 Å². The summed E-state index contributed by atoms with van der Waals surface area (Å²) in [5, 5.41) is 12.8. The fourth-order valence-corrected chi connectivity index (χ4v) is 4.96. The number of hydrogen-bond acceptors (Lipinski definition) is 5. The van der Waals surface area contributed by atoms with Gasteiger partial charge >= 0.3 is 6.03 Å². The number of carbonyl (C=O) groups is 2. The molecule has 1 aliphatic carbocycles. The number of rotatable bonds is 7. The number of halogens is 2. The monoisotopic (exact) mass is 534 g/mol. The van der Waals surface area contributed by atoms with Crippen LogP contribution in [0.15, 0.2) is 66.9 Å². The lowest BCUT2D eigenvalue weighted by atomic mass is 10.1. The molecule has 4 N–H and O–H groups in total. The highest BCUT2D eigenvalue weighted by atomic mass is 35.5. The van der Waals surface area contributed by atoms with Gasteiger partial charge in [0, 0.05) is 24.7 Å². The summed E-state index contributed by atoms with van der Waals surface area (Å²) in [6.07, 6.45) is 3.52. The minimum absolute atomic E-state index is 0.00905. The highest BCUT2D eigenvalue weighted by molar-refractivity contribution is 6.41. The number of amides is 3. The number of carbonyl (C=O) groups excluding carboxylic acids is 2. The standard InChI is InChI=1S/C27H24Cl2N6O2/c28-19-10-12-22(34-26-32-15-17-6-2-4-8-20(17)33-26)24(29)23(19)25(36)30-13-14-31-27(37)35-21-11-9-16-5-1-3-7-18(16)21/h1-8,10,12,15,21H,9,11,13-14H2,(H,30,36)(H2,31,35,37)(H,32,33,34)/t21-/m1/s1. The molecule has 0 spiro atoms. The van der Waals surface area contributed by atoms with Gasteiger partial charge in [-0.15, -0.1) is 0 Å². The van der Waals surface area contributed by atoms with Crippen LogP contribution in [0.4, 0.5) is 16.4 Å². The first-order valence-electron chi connectivity index (χ1n) is 11.9. The van der Waals surface area contributed by atoms with Crippen molar-refractivity contribution < 1.29 is 9.59 Å². The topological polar surface area (TPSA) is 108 Å². The maximum absolute atomic E-state index is 12.9. The summed E-state index contributed by atoms with van der Waals surface area (Å²) < 4.78 is 0. The van der Waals surface area contributed by atoms with Crippen LogP contribution >= 0.6 is 23.2 Å². The van der Waals surface area contributed by atoms with Crippen LogP contribution < -0.4 is 21.3 Å². The van der Waals surface area contributed by atoms with E-state index in [-0.39, 0.29) is 40.8 Å². The molecule has 0 unspecified atom stereocenters. The van der Waals surface area contributed by atoms with Gasteiger partial charge in [-0.2, -0.15) is 0 Å². The molecular formula is C27H24Cl2N6O2. The molecule has 0 bridgehead atoms. The molecule has 4 aromatic rings. The fraction of sp³-hybridized carbons (Fsp3) is 0.185. The molecule has 0 saturated heterocycles. The van der Waals surface area contributed by atoms with Crippen LogP contribution in [-0.2, 0) is 6.42 Å².